The molecule has 8 nitrogen and oxygen atoms in total. The lowest BCUT2D eigenvalue weighted by molar-refractivity contribution is -0.385. The maximum absolute atomic E-state index is 11.5. The molecule has 10 heteroatoms. The molecular formula is C15H9Cl2N5O3. The minimum absolute atomic E-state index is 0.0666. The van der Waals surface area contributed by atoms with E-state index in [1.165, 1.54) is 12.3 Å². The third kappa shape index (κ3) is 3.93. The Morgan fingerprint density at radius 3 is 2.72 bits per heavy atom. The summed E-state index contributed by atoms with van der Waals surface area (Å²) in [5.41, 5.74) is -0.0300. The zero-order valence-corrected chi connectivity index (χ0v) is 13.9. The highest BCUT2D eigenvalue weighted by molar-refractivity contribution is 6.36. The van der Waals surface area contributed by atoms with Gasteiger partial charge in [-0.2, -0.15) is 4.98 Å². The third-order valence-electron chi connectivity index (χ3n) is 3.00. The van der Waals surface area contributed by atoms with Gasteiger partial charge in [-0.15, -0.1) is 0 Å². The molecule has 0 amide bonds. The lowest BCUT2D eigenvalue weighted by Crippen LogP contribution is -2.04. The first-order valence-electron chi connectivity index (χ1n) is 6.84. The molecule has 0 saturated carbocycles. The number of rotatable bonds is 5. The van der Waals surface area contributed by atoms with Crippen LogP contribution in [0.5, 0.6) is 11.6 Å². The van der Waals surface area contributed by atoms with Crippen LogP contribution in [0.15, 0.2) is 49.1 Å². The Labute approximate surface area is 151 Å². The van der Waals surface area contributed by atoms with Crippen molar-refractivity contribution in [2.45, 2.75) is 0 Å². The molecular weight excluding hydrogens is 369 g/mol. The molecule has 0 atom stereocenters. The number of nitro groups is 1. The van der Waals surface area contributed by atoms with Gasteiger partial charge in [0.15, 0.2) is 0 Å². The van der Waals surface area contributed by atoms with E-state index in [9.17, 15) is 10.1 Å². The van der Waals surface area contributed by atoms with Crippen molar-refractivity contribution in [1.82, 2.24) is 15.0 Å². The molecule has 126 valence electrons. The van der Waals surface area contributed by atoms with Gasteiger partial charge in [-0.3, -0.25) is 15.1 Å². The Morgan fingerprint density at radius 2 is 2.04 bits per heavy atom. The number of aromatic nitrogens is 3. The number of benzene rings is 1. The molecule has 0 aliphatic carbocycles. The predicted molar refractivity (Wildman–Crippen MR) is 92.7 cm³/mol. The first kappa shape index (κ1) is 16.9. The standard InChI is InChI=1S/C15H9Cl2N5O3/c16-9-3-4-12(11(17)6-9)21-14-13(22(23)24)15(20-8-19-14)25-10-2-1-5-18-7-10/h1-8H,(H,19,20,21). The van der Waals surface area contributed by atoms with Crippen LogP contribution in [0.4, 0.5) is 17.2 Å². The van der Waals surface area contributed by atoms with Crippen molar-refractivity contribution in [2.24, 2.45) is 0 Å². The Balaban J connectivity index is 1.99. The Morgan fingerprint density at radius 1 is 1.20 bits per heavy atom. The molecule has 0 bridgehead atoms. The lowest BCUT2D eigenvalue weighted by atomic mass is 10.3. The molecule has 25 heavy (non-hydrogen) atoms. The van der Waals surface area contributed by atoms with Gasteiger partial charge in [0.25, 0.3) is 0 Å². The summed E-state index contributed by atoms with van der Waals surface area (Å²) in [7, 11) is 0. The second-order valence-corrected chi connectivity index (χ2v) is 5.52. The highest BCUT2D eigenvalue weighted by Gasteiger charge is 2.25. The number of nitrogens with one attached hydrogen (secondary N) is 1. The van der Waals surface area contributed by atoms with E-state index in [1.807, 2.05) is 0 Å². The van der Waals surface area contributed by atoms with Crippen molar-refractivity contribution < 1.29 is 9.66 Å². The second kappa shape index (κ2) is 7.29. The zero-order chi connectivity index (χ0) is 17.8. The van der Waals surface area contributed by atoms with Gasteiger partial charge < -0.3 is 10.1 Å². The number of halogens is 2. The molecule has 2 aromatic heterocycles. The molecule has 0 unspecified atom stereocenters. The summed E-state index contributed by atoms with van der Waals surface area (Å²) in [6.45, 7) is 0. The van der Waals surface area contributed by atoms with Gasteiger partial charge in [-0.1, -0.05) is 23.2 Å². The number of ether oxygens (including phenoxy) is 1. The minimum Gasteiger partial charge on any atom is -0.432 e. The van der Waals surface area contributed by atoms with Crippen LogP contribution in [0.1, 0.15) is 0 Å². The first-order chi connectivity index (χ1) is 12.0. The fourth-order valence-corrected chi connectivity index (χ4v) is 2.39. The van der Waals surface area contributed by atoms with Gasteiger partial charge in [0.2, 0.25) is 5.82 Å². The molecule has 3 aromatic rings. The van der Waals surface area contributed by atoms with E-state index in [2.05, 4.69) is 20.3 Å². The Bertz CT molecular complexity index is 924. The van der Waals surface area contributed by atoms with E-state index in [0.717, 1.165) is 6.33 Å². The molecule has 1 N–H and O–H groups in total. The van der Waals surface area contributed by atoms with Gasteiger partial charge in [0.05, 0.1) is 21.8 Å². The number of hydrogen-bond donors (Lipinski definition) is 1. The molecule has 0 radical (unpaired) electrons. The van der Waals surface area contributed by atoms with Crippen LogP contribution in [-0.4, -0.2) is 19.9 Å². The molecule has 2 heterocycles. The maximum atomic E-state index is 11.5. The van der Waals surface area contributed by atoms with E-state index < -0.39 is 10.6 Å². The van der Waals surface area contributed by atoms with Crippen LogP contribution in [0.2, 0.25) is 10.0 Å². The summed E-state index contributed by atoms with van der Waals surface area (Å²) >= 11 is 11.9. The van der Waals surface area contributed by atoms with Crippen molar-refractivity contribution in [1.29, 1.82) is 0 Å². The van der Waals surface area contributed by atoms with Crippen molar-refractivity contribution in [3.8, 4) is 11.6 Å². The first-order valence-corrected chi connectivity index (χ1v) is 7.59. The van der Waals surface area contributed by atoms with E-state index in [-0.39, 0.29) is 16.7 Å². The summed E-state index contributed by atoms with van der Waals surface area (Å²) in [5.74, 6) is 0.0171. The monoisotopic (exact) mass is 377 g/mol. The van der Waals surface area contributed by atoms with E-state index in [1.54, 1.807) is 30.5 Å². The molecule has 1 aromatic carbocycles. The summed E-state index contributed by atoms with van der Waals surface area (Å²) in [6, 6.07) is 7.91. The SMILES string of the molecule is O=[N+]([O-])c1c(Nc2ccc(Cl)cc2Cl)ncnc1Oc1cccnc1. The summed E-state index contributed by atoms with van der Waals surface area (Å²) in [4.78, 5) is 22.5. The minimum atomic E-state index is -0.641. The molecule has 3 rings (SSSR count). The van der Waals surface area contributed by atoms with Crippen LogP contribution in [0.25, 0.3) is 0 Å². The zero-order valence-electron chi connectivity index (χ0n) is 12.4. The number of anilines is 2. The fourth-order valence-electron chi connectivity index (χ4n) is 1.93. The van der Waals surface area contributed by atoms with Gasteiger partial charge >= 0.3 is 11.6 Å². The largest absolute Gasteiger partial charge is 0.432 e. The van der Waals surface area contributed by atoms with Gasteiger partial charge in [-0.05, 0) is 30.3 Å². The van der Waals surface area contributed by atoms with Gasteiger partial charge in [0.1, 0.15) is 12.1 Å². The van der Waals surface area contributed by atoms with E-state index >= 15 is 0 Å². The fraction of sp³-hybridized carbons (Fsp3) is 0. The smallest absolute Gasteiger partial charge is 0.373 e. The van der Waals surface area contributed by atoms with Crippen molar-refractivity contribution in [2.75, 3.05) is 5.32 Å². The van der Waals surface area contributed by atoms with Crippen LogP contribution in [-0.2, 0) is 0 Å². The normalized spacial score (nSPS) is 10.3. The number of nitrogens with zero attached hydrogens (tertiary/aromatic N) is 4. The molecule has 0 aliphatic heterocycles. The van der Waals surface area contributed by atoms with Crippen LogP contribution >= 0.6 is 23.2 Å². The average Bonchev–Trinajstić information content (AvgIpc) is 2.58. The van der Waals surface area contributed by atoms with Crippen molar-refractivity contribution in [3.63, 3.8) is 0 Å². The average molecular weight is 378 g/mol. The van der Waals surface area contributed by atoms with Gasteiger partial charge in [-0.25, -0.2) is 4.98 Å². The second-order valence-electron chi connectivity index (χ2n) is 4.67. The summed E-state index contributed by atoms with van der Waals surface area (Å²) < 4.78 is 5.45. The van der Waals surface area contributed by atoms with Gasteiger partial charge in [0, 0.05) is 11.2 Å². The lowest BCUT2D eigenvalue weighted by Gasteiger charge is -2.10. The molecule has 0 aliphatic rings. The van der Waals surface area contributed by atoms with Crippen molar-refractivity contribution in [3.05, 3.63) is 69.2 Å². The van der Waals surface area contributed by atoms with Crippen LogP contribution in [0.3, 0.4) is 0 Å². The maximum Gasteiger partial charge on any atom is 0.373 e. The van der Waals surface area contributed by atoms with E-state index in [4.69, 9.17) is 27.9 Å². The topological polar surface area (TPSA) is 103 Å². The quantitative estimate of drug-likeness (QED) is 0.510. The molecule has 0 saturated heterocycles. The molecule has 0 spiro atoms. The van der Waals surface area contributed by atoms with Crippen molar-refractivity contribution >= 4 is 40.4 Å². The highest BCUT2D eigenvalue weighted by atomic mass is 35.5. The predicted octanol–water partition coefficient (Wildman–Crippen LogP) is 4.62. The van der Waals surface area contributed by atoms with E-state index in [0.29, 0.717) is 16.5 Å². The summed E-state index contributed by atoms with van der Waals surface area (Å²) in [5, 5.41) is 15.0. The van der Waals surface area contributed by atoms with Crippen LogP contribution < -0.4 is 10.1 Å². The highest BCUT2D eigenvalue weighted by Crippen LogP contribution is 2.36. The Hall–Kier alpha value is -2.97. The summed E-state index contributed by atoms with van der Waals surface area (Å²) in [6.07, 6.45) is 4.11. The Kier molecular flexibility index (Phi) is 4.92. The molecule has 0 fully saturated rings. The van der Waals surface area contributed by atoms with Crippen LogP contribution in [0, 0.1) is 10.1 Å². The third-order valence-corrected chi connectivity index (χ3v) is 3.55. The number of pyridine rings is 1. The number of hydrogen-bond acceptors (Lipinski definition) is 7.